The number of fused-ring (bicyclic) bond motifs is 1. The molecule has 1 aromatic carbocycles. The Kier molecular flexibility index (Phi) is 3.58. The maximum Gasteiger partial charge on any atom is 0.0488 e. The van der Waals surface area contributed by atoms with E-state index in [1.165, 1.54) is 47.4 Å². The minimum Gasteiger partial charge on any atom is -0.358 e. The molecule has 1 fully saturated rings. The van der Waals surface area contributed by atoms with Crippen molar-refractivity contribution in [3.63, 3.8) is 0 Å². The van der Waals surface area contributed by atoms with Crippen molar-refractivity contribution in [2.75, 3.05) is 32.7 Å². The molecule has 1 saturated heterocycles. The molecule has 19 heavy (non-hydrogen) atoms. The first kappa shape index (κ1) is 12.7. The molecule has 2 heterocycles. The van der Waals surface area contributed by atoms with Gasteiger partial charge in [-0.15, -0.1) is 0 Å². The van der Waals surface area contributed by atoms with E-state index in [1.807, 2.05) is 0 Å². The van der Waals surface area contributed by atoms with E-state index in [4.69, 9.17) is 0 Å². The molecule has 0 aliphatic carbocycles. The van der Waals surface area contributed by atoms with Crippen LogP contribution in [0, 0.1) is 13.8 Å². The van der Waals surface area contributed by atoms with Gasteiger partial charge in [0.05, 0.1) is 0 Å². The monoisotopic (exact) mass is 257 g/mol. The molecule has 3 heteroatoms. The highest BCUT2D eigenvalue weighted by molar-refractivity contribution is 5.87. The Hall–Kier alpha value is -1.32. The zero-order valence-electron chi connectivity index (χ0n) is 11.9. The Bertz CT molecular complexity index is 565. The lowest BCUT2D eigenvalue weighted by atomic mass is 10.1. The zero-order chi connectivity index (χ0) is 13.2. The molecule has 2 N–H and O–H groups in total. The van der Waals surface area contributed by atoms with Gasteiger partial charge in [-0.1, -0.05) is 18.2 Å². The summed E-state index contributed by atoms with van der Waals surface area (Å²) in [5.74, 6) is 0. The molecule has 0 spiro atoms. The van der Waals surface area contributed by atoms with Gasteiger partial charge in [0.2, 0.25) is 0 Å². The maximum absolute atomic E-state index is 3.55. The number of H-pyrrole nitrogens is 1. The number of nitrogens with one attached hydrogen (secondary N) is 2. The van der Waals surface area contributed by atoms with E-state index in [1.54, 1.807) is 0 Å². The number of aromatic amines is 1. The summed E-state index contributed by atoms with van der Waals surface area (Å²) in [6.07, 6.45) is 1.15. The van der Waals surface area contributed by atoms with E-state index >= 15 is 0 Å². The standard InChI is InChI=1S/C16H23N3/c1-12-4-3-5-15-14(13(2)18-16(12)15)6-9-19-10-7-17-8-11-19/h3-5,17-18H,6-11H2,1-2H3. The quantitative estimate of drug-likeness (QED) is 0.883. The summed E-state index contributed by atoms with van der Waals surface area (Å²) in [5, 5.41) is 4.82. The second-order valence-electron chi connectivity index (χ2n) is 5.57. The number of hydrogen-bond donors (Lipinski definition) is 2. The van der Waals surface area contributed by atoms with Crippen LogP contribution in [0.25, 0.3) is 10.9 Å². The van der Waals surface area contributed by atoms with Gasteiger partial charge < -0.3 is 15.2 Å². The fourth-order valence-corrected chi connectivity index (χ4v) is 3.08. The zero-order valence-corrected chi connectivity index (χ0v) is 11.9. The summed E-state index contributed by atoms with van der Waals surface area (Å²) in [4.78, 5) is 6.11. The Morgan fingerprint density at radius 3 is 2.74 bits per heavy atom. The van der Waals surface area contributed by atoms with Gasteiger partial charge in [-0.3, -0.25) is 0 Å². The van der Waals surface area contributed by atoms with Gasteiger partial charge in [0.15, 0.2) is 0 Å². The lowest BCUT2D eigenvalue weighted by Gasteiger charge is -2.27. The first-order valence-corrected chi connectivity index (χ1v) is 7.25. The summed E-state index contributed by atoms with van der Waals surface area (Å²) in [5.41, 5.74) is 5.49. The van der Waals surface area contributed by atoms with E-state index in [2.05, 4.69) is 47.2 Å². The van der Waals surface area contributed by atoms with E-state index in [9.17, 15) is 0 Å². The van der Waals surface area contributed by atoms with Crippen molar-refractivity contribution in [2.45, 2.75) is 20.3 Å². The summed E-state index contributed by atoms with van der Waals surface area (Å²) >= 11 is 0. The van der Waals surface area contributed by atoms with E-state index in [0.717, 1.165) is 19.5 Å². The number of hydrogen-bond acceptors (Lipinski definition) is 2. The Morgan fingerprint density at radius 1 is 1.16 bits per heavy atom. The number of benzene rings is 1. The molecule has 102 valence electrons. The van der Waals surface area contributed by atoms with Gasteiger partial charge in [-0.05, 0) is 31.4 Å². The second kappa shape index (κ2) is 5.35. The van der Waals surface area contributed by atoms with Crippen LogP contribution in [0.1, 0.15) is 16.8 Å². The summed E-state index contributed by atoms with van der Waals surface area (Å²) < 4.78 is 0. The lowest BCUT2D eigenvalue weighted by molar-refractivity contribution is 0.244. The molecule has 0 amide bonds. The third-order valence-electron chi connectivity index (χ3n) is 4.25. The third-order valence-corrected chi connectivity index (χ3v) is 4.25. The third kappa shape index (κ3) is 2.53. The van der Waals surface area contributed by atoms with E-state index < -0.39 is 0 Å². The van der Waals surface area contributed by atoms with Gasteiger partial charge in [0.1, 0.15) is 0 Å². The van der Waals surface area contributed by atoms with Gasteiger partial charge in [0, 0.05) is 49.3 Å². The van der Waals surface area contributed by atoms with E-state index in [0.29, 0.717) is 0 Å². The number of aromatic nitrogens is 1. The lowest BCUT2D eigenvalue weighted by Crippen LogP contribution is -2.44. The number of rotatable bonds is 3. The Balaban J connectivity index is 1.80. The Labute approximate surface area is 115 Å². The number of para-hydroxylation sites is 1. The van der Waals surface area contributed by atoms with Crippen LogP contribution in [0.15, 0.2) is 18.2 Å². The minimum atomic E-state index is 1.13. The van der Waals surface area contributed by atoms with Crippen molar-refractivity contribution in [3.05, 3.63) is 35.0 Å². The molecule has 1 aliphatic rings. The Morgan fingerprint density at radius 2 is 1.95 bits per heavy atom. The first-order valence-electron chi connectivity index (χ1n) is 7.25. The van der Waals surface area contributed by atoms with Gasteiger partial charge >= 0.3 is 0 Å². The van der Waals surface area contributed by atoms with Crippen LogP contribution < -0.4 is 5.32 Å². The molecule has 2 aromatic rings. The largest absolute Gasteiger partial charge is 0.358 e. The van der Waals surface area contributed by atoms with Crippen molar-refractivity contribution in [1.82, 2.24) is 15.2 Å². The molecular formula is C16H23N3. The van der Waals surface area contributed by atoms with Gasteiger partial charge in [-0.25, -0.2) is 0 Å². The van der Waals surface area contributed by atoms with Crippen LogP contribution in [0.3, 0.4) is 0 Å². The van der Waals surface area contributed by atoms with Gasteiger partial charge in [0.25, 0.3) is 0 Å². The predicted molar refractivity (Wildman–Crippen MR) is 80.8 cm³/mol. The fraction of sp³-hybridized carbons (Fsp3) is 0.500. The van der Waals surface area contributed by atoms with Crippen molar-refractivity contribution in [3.8, 4) is 0 Å². The van der Waals surface area contributed by atoms with Crippen LogP contribution in [0.5, 0.6) is 0 Å². The number of piperazine rings is 1. The molecule has 3 nitrogen and oxygen atoms in total. The van der Waals surface area contributed by atoms with Crippen molar-refractivity contribution in [2.24, 2.45) is 0 Å². The summed E-state index contributed by atoms with van der Waals surface area (Å²) in [6, 6.07) is 6.59. The van der Waals surface area contributed by atoms with Crippen LogP contribution in [0.2, 0.25) is 0 Å². The molecule has 1 aliphatic heterocycles. The predicted octanol–water partition coefficient (Wildman–Crippen LogP) is 2.23. The van der Waals surface area contributed by atoms with Gasteiger partial charge in [-0.2, -0.15) is 0 Å². The van der Waals surface area contributed by atoms with Crippen LogP contribution >= 0.6 is 0 Å². The number of nitrogens with zero attached hydrogens (tertiary/aromatic N) is 1. The highest BCUT2D eigenvalue weighted by atomic mass is 15.2. The van der Waals surface area contributed by atoms with Crippen molar-refractivity contribution < 1.29 is 0 Å². The molecule has 0 atom stereocenters. The smallest absolute Gasteiger partial charge is 0.0488 e. The van der Waals surface area contributed by atoms with E-state index in [-0.39, 0.29) is 0 Å². The van der Waals surface area contributed by atoms with Crippen LogP contribution in [0.4, 0.5) is 0 Å². The van der Waals surface area contributed by atoms with Crippen LogP contribution in [-0.4, -0.2) is 42.6 Å². The average molecular weight is 257 g/mol. The highest BCUT2D eigenvalue weighted by Gasteiger charge is 2.13. The SMILES string of the molecule is Cc1[nH]c2c(C)cccc2c1CCN1CCNCC1. The number of aryl methyl sites for hydroxylation is 2. The molecule has 1 aromatic heterocycles. The molecular weight excluding hydrogens is 234 g/mol. The summed E-state index contributed by atoms with van der Waals surface area (Å²) in [7, 11) is 0. The van der Waals surface area contributed by atoms with Crippen molar-refractivity contribution >= 4 is 10.9 Å². The van der Waals surface area contributed by atoms with Crippen LogP contribution in [-0.2, 0) is 6.42 Å². The molecule has 0 saturated carbocycles. The topological polar surface area (TPSA) is 31.1 Å². The highest BCUT2D eigenvalue weighted by Crippen LogP contribution is 2.25. The summed E-state index contributed by atoms with van der Waals surface area (Å²) in [6.45, 7) is 10.2. The molecule has 3 rings (SSSR count). The molecule has 0 bridgehead atoms. The average Bonchev–Trinajstić information content (AvgIpc) is 2.75. The molecule has 0 radical (unpaired) electrons. The fourth-order valence-electron chi connectivity index (χ4n) is 3.08. The first-order chi connectivity index (χ1) is 9.25. The normalized spacial score (nSPS) is 17.2. The minimum absolute atomic E-state index is 1.13. The molecule has 0 unspecified atom stereocenters. The second-order valence-corrected chi connectivity index (χ2v) is 5.57. The maximum atomic E-state index is 3.55. The van der Waals surface area contributed by atoms with Crippen molar-refractivity contribution in [1.29, 1.82) is 0 Å².